The zero-order valence-electron chi connectivity index (χ0n) is 14.9. The minimum absolute atomic E-state index is 0.0303. The average Bonchev–Trinajstić information content (AvgIpc) is 3.20. The first-order valence-electron chi connectivity index (χ1n) is 8.08. The van der Waals surface area contributed by atoms with Crippen molar-refractivity contribution < 1.29 is 13.9 Å². The maximum atomic E-state index is 12.4. The molecule has 0 aliphatic rings. The van der Waals surface area contributed by atoms with Crippen LogP contribution in [-0.4, -0.2) is 37.1 Å². The Labute approximate surface area is 152 Å². The van der Waals surface area contributed by atoms with Crippen LogP contribution in [0, 0.1) is 6.92 Å². The number of aryl methyl sites for hydroxylation is 2. The summed E-state index contributed by atoms with van der Waals surface area (Å²) >= 11 is 0. The van der Waals surface area contributed by atoms with Gasteiger partial charge < -0.3 is 13.7 Å². The summed E-state index contributed by atoms with van der Waals surface area (Å²) in [5.41, 5.74) is 2.66. The highest BCUT2D eigenvalue weighted by Gasteiger charge is 2.14. The zero-order chi connectivity index (χ0) is 19.1. The lowest BCUT2D eigenvalue weighted by Crippen LogP contribution is -2.21. The second-order valence-electron chi connectivity index (χ2n) is 6.04. The molecule has 27 heavy (non-hydrogen) atoms. The molecule has 0 aliphatic heterocycles. The van der Waals surface area contributed by atoms with Crippen LogP contribution in [0.15, 0.2) is 33.9 Å². The Kier molecular flexibility index (Phi) is 3.87. The summed E-state index contributed by atoms with van der Waals surface area (Å²) in [7, 11) is 3.15. The van der Waals surface area contributed by atoms with Gasteiger partial charge in [0.15, 0.2) is 11.2 Å². The number of nitrogens with zero attached hydrogens (tertiary/aromatic N) is 5. The normalized spacial score (nSPS) is 11.2. The molecule has 10 heteroatoms. The molecule has 1 aromatic carbocycles. The second-order valence-corrected chi connectivity index (χ2v) is 6.04. The highest BCUT2D eigenvalue weighted by atomic mass is 16.5. The van der Waals surface area contributed by atoms with E-state index in [9.17, 15) is 9.59 Å². The summed E-state index contributed by atoms with van der Waals surface area (Å²) < 4.78 is 13.8. The van der Waals surface area contributed by atoms with Crippen molar-refractivity contribution in [1.82, 2.24) is 24.1 Å². The topological polar surface area (TPSA) is 117 Å². The number of methoxy groups -OCH3 is 1. The van der Waals surface area contributed by atoms with Gasteiger partial charge in [0.1, 0.15) is 23.3 Å². The second kappa shape index (κ2) is 6.24. The number of benzene rings is 1. The summed E-state index contributed by atoms with van der Waals surface area (Å²) in [4.78, 5) is 36.1. The standard InChI is InChI=1S/C17H16N6O4/c1-9-4-13-10(5-12(9)26-3)20-16(27-13)21-14(24)7-23-8-19-15-11(23)6-18-17(25)22(15)2/h4-6,8H,7H2,1-3H3,(H,20,21,24). The van der Waals surface area contributed by atoms with Crippen LogP contribution in [0.25, 0.3) is 22.3 Å². The van der Waals surface area contributed by atoms with Gasteiger partial charge in [-0.05, 0) is 18.6 Å². The lowest BCUT2D eigenvalue weighted by molar-refractivity contribution is -0.116. The fourth-order valence-electron chi connectivity index (χ4n) is 2.83. The van der Waals surface area contributed by atoms with E-state index in [0.717, 1.165) is 5.56 Å². The largest absolute Gasteiger partial charge is 0.496 e. The number of imidazole rings is 1. The van der Waals surface area contributed by atoms with Crippen LogP contribution >= 0.6 is 0 Å². The number of hydrogen-bond acceptors (Lipinski definition) is 7. The number of fused-ring (bicyclic) bond motifs is 2. The van der Waals surface area contributed by atoms with E-state index < -0.39 is 5.69 Å². The zero-order valence-corrected chi connectivity index (χ0v) is 14.9. The van der Waals surface area contributed by atoms with Gasteiger partial charge in [0.2, 0.25) is 5.91 Å². The van der Waals surface area contributed by atoms with Crippen LogP contribution in [0.1, 0.15) is 5.56 Å². The number of rotatable bonds is 4. The van der Waals surface area contributed by atoms with E-state index in [2.05, 4.69) is 20.3 Å². The first kappa shape index (κ1) is 16.8. The number of nitrogens with one attached hydrogen (secondary N) is 1. The summed E-state index contributed by atoms with van der Waals surface area (Å²) in [6.45, 7) is 1.86. The van der Waals surface area contributed by atoms with Crippen molar-refractivity contribution in [2.24, 2.45) is 7.05 Å². The lowest BCUT2D eigenvalue weighted by atomic mass is 10.2. The number of hydrogen-bond donors (Lipinski definition) is 1. The SMILES string of the molecule is COc1cc2nc(NC(=O)Cn3cnc4c3cnc(=O)n4C)oc2cc1C. The van der Waals surface area contributed by atoms with Gasteiger partial charge in [0.05, 0.1) is 19.6 Å². The van der Waals surface area contributed by atoms with Gasteiger partial charge in [-0.3, -0.25) is 14.7 Å². The molecule has 0 aliphatic carbocycles. The van der Waals surface area contributed by atoms with E-state index in [1.165, 1.54) is 17.1 Å². The summed E-state index contributed by atoms with van der Waals surface area (Å²) in [5.74, 6) is 0.343. The van der Waals surface area contributed by atoms with Crippen molar-refractivity contribution in [2.75, 3.05) is 12.4 Å². The van der Waals surface area contributed by atoms with E-state index >= 15 is 0 Å². The van der Waals surface area contributed by atoms with Crippen LogP contribution in [0.5, 0.6) is 5.75 Å². The van der Waals surface area contributed by atoms with Crippen molar-refractivity contribution in [3.05, 3.63) is 40.7 Å². The number of oxazole rings is 1. The molecule has 1 N–H and O–H groups in total. The fraction of sp³-hybridized carbons (Fsp3) is 0.235. The molecule has 0 unspecified atom stereocenters. The molecule has 0 atom stereocenters. The quantitative estimate of drug-likeness (QED) is 0.575. The fourth-order valence-corrected chi connectivity index (χ4v) is 2.83. The predicted octanol–water partition coefficient (Wildman–Crippen LogP) is 1.23. The number of carbonyl (C=O) groups excluding carboxylic acids is 1. The minimum atomic E-state index is -0.408. The maximum absolute atomic E-state index is 12.4. The first-order valence-corrected chi connectivity index (χ1v) is 8.08. The van der Waals surface area contributed by atoms with Gasteiger partial charge in [-0.15, -0.1) is 0 Å². The molecule has 0 saturated heterocycles. The molecule has 4 rings (SSSR count). The molecule has 0 radical (unpaired) electrons. The van der Waals surface area contributed by atoms with E-state index in [0.29, 0.717) is 28.0 Å². The molecule has 10 nitrogen and oxygen atoms in total. The van der Waals surface area contributed by atoms with Gasteiger partial charge >= 0.3 is 11.7 Å². The maximum Gasteiger partial charge on any atom is 0.349 e. The highest BCUT2D eigenvalue weighted by molar-refractivity contribution is 5.91. The van der Waals surface area contributed by atoms with E-state index in [1.807, 2.05) is 6.92 Å². The molecular formula is C17H16N6O4. The third-order valence-corrected chi connectivity index (χ3v) is 4.23. The highest BCUT2D eigenvalue weighted by Crippen LogP contribution is 2.27. The van der Waals surface area contributed by atoms with Crippen LogP contribution in [0.2, 0.25) is 0 Å². The number of anilines is 1. The molecule has 0 spiro atoms. The van der Waals surface area contributed by atoms with E-state index in [4.69, 9.17) is 9.15 Å². The third kappa shape index (κ3) is 2.90. The molecule has 4 aromatic rings. The Morgan fingerprint density at radius 3 is 2.93 bits per heavy atom. The molecule has 138 valence electrons. The summed E-state index contributed by atoms with van der Waals surface area (Å²) in [5, 5.41) is 2.62. The lowest BCUT2D eigenvalue weighted by Gasteiger charge is -2.04. The molecule has 0 fully saturated rings. The number of amides is 1. The average molecular weight is 368 g/mol. The van der Waals surface area contributed by atoms with Crippen LogP contribution in [0.3, 0.4) is 0 Å². The predicted molar refractivity (Wildman–Crippen MR) is 96.7 cm³/mol. The van der Waals surface area contributed by atoms with Gasteiger partial charge in [0, 0.05) is 13.1 Å². The van der Waals surface area contributed by atoms with Crippen molar-refractivity contribution in [2.45, 2.75) is 13.5 Å². The first-order chi connectivity index (χ1) is 13.0. The summed E-state index contributed by atoms with van der Waals surface area (Å²) in [6.07, 6.45) is 2.87. The number of aromatic nitrogens is 5. The monoisotopic (exact) mass is 368 g/mol. The Morgan fingerprint density at radius 2 is 2.15 bits per heavy atom. The smallest absolute Gasteiger partial charge is 0.349 e. The van der Waals surface area contributed by atoms with Crippen molar-refractivity contribution in [3.63, 3.8) is 0 Å². The number of ether oxygens (including phenoxy) is 1. The van der Waals surface area contributed by atoms with Gasteiger partial charge in [-0.2, -0.15) is 9.97 Å². The molecular weight excluding hydrogens is 352 g/mol. The van der Waals surface area contributed by atoms with Gasteiger partial charge in [0.25, 0.3) is 0 Å². The minimum Gasteiger partial charge on any atom is -0.496 e. The Balaban J connectivity index is 1.57. The summed E-state index contributed by atoms with van der Waals surface area (Å²) in [6, 6.07) is 3.64. The van der Waals surface area contributed by atoms with E-state index in [1.54, 1.807) is 30.9 Å². The van der Waals surface area contributed by atoms with Gasteiger partial charge in [-0.25, -0.2) is 9.78 Å². The Morgan fingerprint density at radius 1 is 1.33 bits per heavy atom. The van der Waals surface area contributed by atoms with E-state index in [-0.39, 0.29) is 18.5 Å². The Hall–Kier alpha value is -3.69. The van der Waals surface area contributed by atoms with Crippen LogP contribution < -0.4 is 15.7 Å². The van der Waals surface area contributed by atoms with Crippen LogP contribution in [0.4, 0.5) is 6.01 Å². The number of carbonyl (C=O) groups is 1. The third-order valence-electron chi connectivity index (χ3n) is 4.23. The van der Waals surface area contributed by atoms with Crippen molar-refractivity contribution >= 4 is 34.2 Å². The molecule has 1 amide bonds. The molecule has 0 saturated carbocycles. The Bertz CT molecular complexity index is 1240. The van der Waals surface area contributed by atoms with Crippen molar-refractivity contribution in [1.29, 1.82) is 0 Å². The van der Waals surface area contributed by atoms with Crippen molar-refractivity contribution in [3.8, 4) is 5.75 Å². The van der Waals surface area contributed by atoms with Gasteiger partial charge in [-0.1, -0.05) is 0 Å². The molecule has 3 aromatic heterocycles. The molecule has 0 bridgehead atoms. The molecule has 3 heterocycles. The van der Waals surface area contributed by atoms with Crippen LogP contribution in [-0.2, 0) is 18.4 Å².